The lowest BCUT2D eigenvalue weighted by Crippen LogP contribution is -2.03. The van der Waals surface area contributed by atoms with Gasteiger partial charge in [-0.2, -0.15) is 0 Å². The molecule has 2 aromatic rings. The predicted octanol–water partition coefficient (Wildman–Crippen LogP) is 3.78. The number of benzene rings is 2. The second-order valence-corrected chi connectivity index (χ2v) is 6.92. The van der Waals surface area contributed by atoms with E-state index in [2.05, 4.69) is 0 Å². The van der Waals surface area contributed by atoms with E-state index < -0.39 is 25.6 Å². The van der Waals surface area contributed by atoms with Gasteiger partial charge in [-0.3, -0.25) is 0 Å². The SMILES string of the molecule is Cc1ccc(F)cc1COc1ccc(F)cc1S(=O)(=O)Cl. The molecule has 0 heterocycles. The molecule has 0 fully saturated rings. The van der Waals surface area contributed by atoms with E-state index in [0.29, 0.717) is 5.56 Å². The normalized spacial score (nSPS) is 11.4. The minimum Gasteiger partial charge on any atom is -0.487 e. The van der Waals surface area contributed by atoms with Crippen molar-refractivity contribution in [3.63, 3.8) is 0 Å². The van der Waals surface area contributed by atoms with Gasteiger partial charge in [0.15, 0.2) is 0 Å². The van der Waals surface area contributed by atoms with Crippen LogP contribution in [0.2, 0.25) is 0 Å². The lowest BCUT2D eigenvalue weighted by molar-refractivity contribution is 0.296. The van der Waals surface area contributed by atoms with Crippen LogP contribution in [0.5, 0.6) is 5.75 Å². The minimum atomic E-state index is -4.15. The molecule has 0 aliphatic heterocycles. The van der Waals surface area contributed by atoms with Gasteiger partial charge in [0.1, 0.15) is 28.9 Å². The molecule has 0 aliphatic rings. The van der Waals surface area contributed by atoms with E-state index in [1.807, 2.05) is 0 Å². The molecule has 0 radical (unpaired) electrons. The number of halogens is 3. The van der Waals surface area contributed by atoms with Crippen molar-refractivity contribution in [3.05, 3.63) is 59.2 Å². The van der Waals surface area contributed by atoms with Gasteiger partial charge in [-0.1, -0.05) is 6.07 Å². The highest BCUT2D eigenvalue weighted by Gasteiger charge is 2.18. The molecule has 2 aromatic carbocycles. The molecular weight excluding hydrogens is 322 g/mol. The summed E-state index contributed by atoms with van der Waals surface area (Å²) >= 11 is 0. The molecule has 0 spiro atoms. The molecule has 3 nitrogen and oxygen atoms in total. The average Bonchev–Trinajstić information content (AvgIpc) is 2.40. The average molecular weight is 333 g/mol. The zero-order valence-electron chi connectivity index (χ0n) is 10.9. The van der Waals surface area contributed by atoms with Crippen LogP contribution < -0.4 is 4.74 Å². The molecule has 0 bridgehead atoms. The van der Waals surface area contributed by atoms with Crippen LogP contribution in [0.3, 0.4) is 0 Å². The van der Waals surface area contributed by atoms with Crippen molar-refractivity contribution in [2.45, 2.75) is 18.4 Å². The van der Waals surface area contributed by atoms with Crippen LogP contribution in [0.15, 0.2) is 41.3 Å². The van der Waals surface area contributed by atoms with Gasteiger partial charge in [-0.25, -0.2) is 17.2 Å². The highest BCUT2D eigenvalue weighted by atomic mass is 35.7. The maximum absolute atomic E-state index is 13.2. The Kier molecular flexibility index (Phi) is 4.49. The van der Waals surface area contributed by atoms with Gasteiger partial charge in [0.05, 0.1) is 0 Å². The molecule has 0 aromatic heterocycles. The van der Waals surface area contributed by atoms with Crippen LogP contribution in [0.25, 0.3) is 0 Å². The first-order valence-corrected chi connectivity index (χ1v) is 8.20. The Morgan fingerprint density at radius 1 is 1.10 bits per heavy atom. The molecule has 0 saturated carbocycles. The fraction of sp³-hybridized carbons (Fsp3) is 0.143. The Bertz CT molecular complexity index is 776. The van der Waals surface area contributed by atoms with Crippen LogP contribution in [-0.4, -0.2) is 8.42 Å². The first-order chi connectivity index (χ1) is 9.77. The number of ether oxygens (including phenoxy) is 1. The van der Waals surface area contributed by atoms with Gasteiger partial charge in [0, 0.05) is 10.7 Å². The third kappa shape index (κ3) is 3.92. The van der Waals surface area contributed by atoms with E-state index in [9.17, 15) is 17.2 Å². The summed E-state index contributed by atoms with van der Waals surface area (Å²) in [4.78, 5) is -0.460. The van der Waals surface area contributed by atoms with Crippen molar-refractivity contribution < 1.29 is 21.9 Å². The first-order valence-electron chi connectivity index (χ1n) is 5.89. The molecule has 2 rings (SSSR count). The number of hydrogen-bond acceptors (Lipinski definition) is 3. The summed E-state index contributed by atoms with van der Waals surface area (Å²) in [5.74, 6) is -1.26. The van der Waals surface area contributed by atoms with Crippen molar-refractivity contribution in [2.24, 2.45) is 0 Å². The van der Waals surface area contributed by atoms with Crippen molar-refractivity contribution >= 4 is 19.7 Å². The standard InChI is InChI=1S/C14H11ClF2O3S/c1-9-2-3-11(16)6-10(9)8-20-13-5-4-12(17)7-14(13)21(15,18)19/h2-7H,8H2,1H3. The molecule has 7 heteroatoms. The van der Waals surface area contributed by atoms with Crippen LogP contribution >= 0.6 is 10.7 Å². The fourth-order valence-corrected chi connectivity index (χ4v) is 2.73. The van der Waals surface area contributed by atoms with Crippen LogP contribution in [-0.2, 0) is 15.7 Å². The maximum Gasteiger partial charge on any atom is 0.265 e. The van der Waals surface area contributed by atoms with E-state index in [-0.39, 0.29) is 12.4 Å². The number of rotatable bonds is 4. The topological polar surface area (TPSA) is 43.4 Å². The predicted molar refractivity (Wildman–Crippen MR) is 74.9 cm³/mol. The van der Waals surface area contributed by atoms with Crippen molar-refractivity contribution in [1.29, 1.82) is 0 Å². The van der Waals surface area contributed by atoms with Gasteiger partial charge >= 0.3 is 0 Å². The van der Waals surface area contributed by atoms with Gasteiger partial charge < -0.3 is 4.74 Å². The molecule has 0 N–H and O–H groups in total. The Morgan fingerprint density at radius 3 is 2.38 bits per heavy atom. The molecule has 21 heavy (non-hydrogen) atoms. The Balaban J connectivity index is 2.30. The summed E-state index contributed by atoms with van der Waals surface area (Å²) in [6.07, 6.45) is 0. The molecule has 0 saturated heterocycles. The highest BCUT2D eigenvalue weighted by Crippen LogP contribution is 2.28. The smallest absolute Gasteiger partial charge is 0.265 e. The second-order valence-electron chi connectivity index (χ2n) is 4.39. The Labute approximate surface area is 125 Å². The van der Waals surface area contributed by atoms with Crippen LogP contribution in [0.4, 0.5) is 8.78 Å². The minimum absolute atomic E-state index is 0.0609. The fourth-order valence-electron chi connectivity index (χ4n) is 1.74. The van der Waals surface area contributed by atoms with Gasteiger partial charge in [0.25, 0.3) is 9.05 Å². The zero-order valence-corrected chi connectivity index (χ0v) is 12.5. The Morgan fingerprint density at radius 2 is 1.71 bits per heavy atom. The van der Waals surface area contributed by atoms with E-state index >= 15 is 0 Å². The van der Waals surface area contributed by atoms with Gasteiger partial charge in [-0.05, 0) is 48.4 Å². The van der Waals surface area contributed by atoms with Crippen LogP contribution in [0.1, 0.15) is 11.1 Å². The van der Waals surface area contributed by atoms with E-state index in [0.717, 1.165) is 17.7 Å². The summed E-state index contributed by atoms with van der Waals surface area (Å²) in [6.45, 7) is 1.70. The summed E-state index contributed by atoms with van der Waals surface area (Å²) in [5, 5.41) is 0. The highest BCUT2D eigenvalue weighted by molar-refractivity contribution is 8.13. The van der Waals surface area contributed by atoms with Crippen molar-refractivity contribution in [1.82, 2.24) is 0 Å². The third-order valence-electron chi connectivity index (χ3n) is 2.86. The molecule has 0 amide bonds. The first kappa shape index (κ1) is 15.7. The quantitative estimate of drug-likeness (QED) is 0.800. The maximum atomic E-state index is 13.2. The lowest BCUT2D eigenvalue weighted by Gasteiger charge is -2.11. The van der Waals surface area contributed by atoms with E-state index in [4.69, 9.17) is 15.4 Å². The lowest BCUT2D eigenvalue weighted by atomic mass is 10.1. The Hall–Kier alpha value is -1.66. The molecular formula is C14H11ClF2O3S. The van der Waals surface area contributed by atoms with Gasteiger partial charge in [-0.15, -0.1) is 0 Å². The number of hydrogen-bond donors (Lipinski definition) is 0. The van der Waals surface area contributed by atoms with Crippen molar-refractivity contribution in [2.75, 3.05) is 0 Å². The monoisotopic (exact) mass is 332 g/mol. The summed E-state index contributed by atoms with van der Waals surface area (Å²) in [7, 11) is 1.09. The second kappa shape index (κ2) is 5.99. The van der Waals surface area contributed by atoms with Crippen molar-refractivity contribution in [3.8, 4) is 5.75 Å². The molecule has 112 valence electrons. The van der Waals surface area contributed by atoms with Crippen LogP contribution in [0, 0.1) is 18.6 Å². The third-order valence-corrected chi connectivity index (χ3v) is 4.21. The zero-order chi connectivity index (χ0) is 15.6. The largest absolute Gasteiger partial charge is 0.487 e. The summed E-state index contributed by atoms with van der Waals surface area (Å²) < 4.78 is 54.4. The number of aryl methyl sites for hydroxylation is 1. The van der Waals surface area contributed by atoms with Gasteiger partial charge in [0.2, 0.25) is 0 Å². The van der Waals surface area contributed by atoms with E-state index in [1.165, 1.54) is 18.2 Å². The van der Waals surface area contributed by atoms with E-state index in [1.54, 1.807) is 13.0 Å². The summed E-state index contributed by atoms with van der Waals surface area (Å²) in [6, 6.07) is 7.17. The summed E-state index contributed by atoms with van der Waals surface area (Å²) in [5.41, 5.74) is 1.34. The molecule has 0 unspecified atom stereocenters. The molecule has 0 aliphatic carbocycles. The molecule has 0 atom stereocenters.